The van der Waals surface area contributed by atoms with Crippen LogP contribution < -0.4 is 81.5 Å². The number of unbranched alkanes of at least 4 members (excludes halogenated alkanes) is 2. The van der Waals surface area contributed by atoms with Crippen LogP contribution >= 0.6 is 0 Å². The number of nitrogens with zero attached hydrogens (tertiary/aromatic N) is 3. The molecule has 0 bridgehead atoms. The number of aromatic nitrogens is 1. The predicted molar refractivity (Wildman–Crippen MR) is 318 cm³/mol. The van der Waals surface area contributed by atoms with Crippen LogP contribution in [-0.2, 0) is 71.9 Å². The fourth-order valence-corrected chi connectivity index (χ4v) is 9.73. The number of carbonyl (C=O) groups is 14. The number of anilines is 2. The summed E-state index contributed by atoms with van der Waals surface area (Å²) in [6.45, 7) is 3.36. The number of hydrogen-bond donors (Lipinski definition) is 17. The molecule has 10 unspecified atom stereocenters. The third kappa shape index (κ3) is 22.8. The summed E-state index contributed by atoms with van der Waals surface area (Å²) in [5, 5.41) is 56.0. The molecular weight excluding hydrogens is 1200 g/mol. The van der Waals surface area contributed by atoms with E-state index in [-0.39, 0.29) is 137 Å². The standard InChI is InChI=1S/C55H83N17O19/c1-28-47(80)61-29(2)48(81)64-33(12-8-20-70(89)26-73)50(83)67-35(11-5-7-18-57)55(88)91-30(3)45(54(87)62-28)69-51(84)32(10-4-6-17-56)65-49(82)34(13-9-21-71(90)27-74)66-52(85)37(24-43(59)78)68-53(86)38-16-19-60-46-36(63-44(79)15-14-42(58)77)22-31-23-40(75)41(76)25-39(31)72(38)46/h22-23,25-30,32-35,37-38,45,60,75,89-90H,4-21,24,56-57H2,1-3H3,(H2,58,77)(H2,59,78)(H,61,80)(H,62,87)(H,63,79)(H,64,81)(H,65,82)(H,66,85)(H,67,83)(H,68,86)(H,69,84). The number of nitrogens with two attached hydrogens (primary N) is 4. The van der Waals surface area contributed by atoms with Crippen molar-refractivity contribution in [3.8, 4) is 17.0 Å². The average Bonchev–Trinajstić information content (AvgIpc) is 0.774. The van der Waals surface area contributed by atoms with Crippen molar-refractivity contribution in [1.82, 2.24) is 57.2 Å². The van der Waals surface area contributed by atoms with Gasteiger partial charge < -0.3 is 90.5 Å². The number of aromatic hydroxyl groups is 1. The van der Waals surface area contributed by atoms with Crippen molar-refractivity contribution < 1.29 is 87.4 Å². The molecule has 0 aromatic rings. The molecule has 4 rings (SSSR count). The van der Waals surface area contributed by atoms with Crippen molar-refractivity contribution in [3.63, 3.8) is 0 Å². The number of fused-ring (bicyclic) bond motifs is 3. The molecule has 0 radical (unpaired) electrons. The first-order valence-corrected chi connectivity index (χ1v) is 29.5. The van der Waals surface area contributed by atoms with Gasteiger partial charge in [0, 0.05) is 44.1 Å². The number of esters is 1. The van der Waals surface area contributed by atoms with E-state index in [0.717, 1.165) is 12.1 Å². The first kappa shape index (κ1) is 73.9. The molecule has 10 atom stereocenters. The number of hydrogen-bond acceptors (Lipinski definition) is 22. The van der Waals surface area contributed by atoms with Crippen molar-refractivity contribution in [2.24, 2.45) is 22.9 Å². The molecule has 4 aliphatic rings. The molecule has 91 heavy (non-hydrogen) atoms. The zero-order valence-electron chi connectivity index (χ0n) is 50.6. The maximum Gasteiger partial charge on any atom is 0.328 e. The van der Waals surface area contributed by atoms with Crippen LogP contribution in [0.5, 0.6) is 5.75 Å². The molecule has 36 heteroatoms. The quantitative estimate of drug-likeness (QED) is 0.0107. The summed E-state index contributed by atoms with van der Waals surface area (Å²) in [5.74, 6) is -12.5. The van der Waals surface area contributed by atoms with E-state index in [1.54, 1.807) is 0 Å². The van der Waals surface area contributed by atoms with Gasteiger partial charge in [-0.15, -0.1) is 0 Å². The number of amides is 13. The molecule has 1 fully saturated rings. The van der Waals surface area contributed by atoms with Gasteiger partial charge in [0.25, 0.3) is 0 Å². The van der Waals surface area contributed by atoms with E-state index in [0.29, 0.717) is 11.5 Å². The predicted octanol–water partition coefficient (Wildman–Crippen LogP) is -5.53. The van der Waals surface area contributed by atoms with Crippen LogP contribution in [0, 0.1) is 0 Å². The van der Waals surface area contributed by atoms with E-state index in [2.05, 4.69) is 53.2 Å². The second-order valence-electron chi connectivity index (χ2n) is 21.9. The molecule has 0 aromatic carbocycles. The first-order chi connectivity index (χ1) is 43.1. The Hall–Kier alpha value is -9.55. The molecule has 0 saturated carbocycles. The maximum absolute atomic E-state index is 14.6. The van der Waals surface area contributed by atoms with E-state index in [4.69, 9.17) is 27.7 Å². The molecule has 21 N–H and O–H groups in total. The van der Waals surface area contributed by atoms with Crippen LogP contribution in [0.15, 0.2) is 23.0 Å². The summed E-state index contributed by atoms with van der Waals surface area (Å²) in [6, 6.07) is -10.7. The molecule has 1 saturated heterocycles. The van der Waals surface area contributed by atoms with Gasteiger partial charge in [0.1, 0.15) is 66.3 Å². The summed E-state index contributed by atoms with van der Waals surface area (Å²) in [6.07, 6.45) is -3.20. The lowest BCUT2D eigenvalue weighted by Gasteiger charge is -2.34. The summed E-state index contributed by atoms with van der Waals surface area (Å²) in [5.41, 5.74) is 21.7. The van der Waals surface area contributed by atoms with Gasteiger partial charge in [0.15, 0.2) is 5.75 Å². The summed E-state index contributed by atoms with van der Waals surface area (Å²) in [4.78, 5) is 200. The van der Waals surface area contributed by atoms with E-state index in [9.17, 15) is 87.4 Å². The minimum Gasteiger partial charge on any atom is -0.504 e. The number of hydroxylamine groups is 4. The second kappa shape index (κ2) is 36.2. The molecular formula is C55H83N17O19. The lowest BCUT2D eigenvalue weighted by atomic mass is 10.0. The van der Waals surface area contributed by atoms with Gasteiger partial charge >= 0.3 is 5.97 Å². The van der Waals surface area contributed by atoms with Crippen LogP contribution in [0.3, 0.4) is 0 Å². The normalized spacial score (nSPS) is 20.6. The van der Waals surface area contributed by atoms with E-state index in [1.165, 1.54) is 31.4 Å². The minimum atomic E-state index is -1.90. The van der Waals surface area contributed by atoms with Gasteiger partial charge in [0.2, 0.25) is 83.2 Å². The first-order valence-electron chi connectivity index (χ1n) is 29.5. The van der Waals surface area contributed by atoms with Gasteiger partial charge in [0.05, 0.1) is 17.8 Å². The lowest BCUT2D eigenvalue weighted by Crippen LogP contribution is -2.62. The Labute approximate surface area is 521 Å². The molecule has 3 heterocycles. The van der Waals surface area contributed by atoms with Crippen molar-refractivity contribution >= 4 is 95.3 Å². The van der Waals surface area contributed by atoms with Gasteiger partial charge in [-0.1, -0.05) is 0 Å². The van der Waals surface area contributed by atoms with Gasteiger partial charge in [-0.05, 0) is 117 Å². The number of ether oxygens (including phenoxy) is 1. The van der Waals surface area contributed by atoms with Crippen molar-refractivity contribution in [1.29, 1.82) is 0 Å². The Morgan fingerprint density at radius 1 is 0.681 bits per heavy atom. The fourth-order valence-electron chi connectivity index (χ4n) is 9.73. The number of pyridine rings is 1. The molecule has 36 nitrogen and oxygen atoms in total. The molecule has 13 amide bonds. The van der Waals surface area contributed by atoms with Crippen molar-refractivity contribution in [2.45, 2.75) is 171 Å². The number of rotatable bonds is 32. The monoisotopic (exact) mass is 1290 g/mol. The topological polar surface area (TPSA) is 562 Å². The van der Waals surface area contributed by atoms with Crippen molar-refractivity contribution in [3.05, 3.63) is 28.4 Å². The van der Waals surface area contributed by atoms with E-state index < -0.39 is 162 Å². The number of phenols is 1. The summed E-state index contributed by atoms with van der Waals surface area (Å²) >= 11 is 0. The van der Waals surface area contributed by atoms with Gasteiger partial charge in [-0.25, -0.2) is 14.9 Å². The highest BCUT2D eigenvalue weighted by Crippen LogP contribution is 2.40. The average molecular weight is 1290 g/mol. The Kier molecular flexibility index (Phi) is 29.4. The molecule has 0 aromatic heterocycles. The van der Waals surface area contributed by atoms with Gasteiger partial charge in [-0.2, -0.15) is 0 Å². The Balaban J connectivity index is 1.70. The molecule has 3 aliphatic heterocycles. The minimum absolute atomic E-state index is 0.0346. The lowest BCUT2D eigenvalue weighted by molar-refractivity contribution is -0.156. The number of phenolic OH excluding ortho intramolecular Hbond substituents is 1. The van der Waals surface area contributed by atoms with Crippen LogP contribution in [0.2, 0.25) is 0 Å². The summed E-state index contributed by atoms with van der Waals surface area (Å²) < 4.78 is 7.06. The summed E-state index contributed by atoms with van der Waals surface area (Å²) in [7, 11) is 0. The number of nitrogens with one attached hydrogen (secondary N) is 10. The zero-order valence-corrected chi connectivity index (χ0v) is 50.6. The van der Waals surface area contributed by atoms with Crippen molar-refractivity contribution in [2.75, 3.05) is 43.4 Å². The maximum atomic E-state index is 14.6. The molecule has 0 spiro atoms. The van der Waals surface area contributed by atoms with Crippen LogP contribution in [0.1, 0.15) is 117 Å². The van der Waals surface area contributed by atoms with Crippen LogP contribution in [0.4, 0.5) is 11.5 Å². The second-order valence-corrected chi connectivity index (χ2v) is 21.9. The third-order valence-corrected chi connectivity index (χ3v) is 14.7. The highest BCUT2D eigenvalue weighted by Gasteiger charge is 2.39. The number of carbonyl (C=O) groups excluding carboxylic acids is 14. The Morgan fingerprint density at radius 2 is 1.25 bits per heavy atom. The highest BCUT2D eigenvalue weighted by atomic mass is 16.5. The highest BCUT2D eigenvalue weighted by molar-refractivity contribution is 6.01. The number of cyclic esters (lactones) is 1. The zero-order chi connectivity index (χ0) is 67.6. The smallest absolute Gasteiger partial charge is 0.328 e. The number of benzene rings is 1. The van der Waals surface area contributed by atoms with Crippen LogP contribution in [0.25, 0.3) is 11.3 Å². The Bertz CT molecular complexity index is 3000. The largest absolute Gasteiger partial charge is 0.504 e. The van der Waals surface area contributed by atoms with E-state index in [1.807, 2.05) is 0 Å². The Morgan fingerprint density at radius 3 is 1.88 bits per heavy atom. The number of primary amides is 2. The SMILES string of the molecule is CC1NC(=O)C(C)NC(=O)C(NC(=O)C(CCCCN)NC(=O)C(CCCN(O)C=O)NC(=O)C(CC(N)=O)NC(=O)C2CCNc3c(NC(=O)CCC(N)=O)cc4cc(O)c(=O)cc-4n32)C(C)OC(=O)C(CCCCN)NC(=O)C(CCCN(O)C=O)NC1=O. The van der Waals surface area contributed by atoms with Gasteiger partial charge in [-0.3, -0.25) is 77.5 Å². The molecule has 502 valence electrons. The third-order valence-electron chi connectivity index (χ3n) is 14.7. The van der Waals surface area contributed by atoms with Crippen LogP contribution in [-0.4, -0.2) is 201 Å². The molecule has 1 aliphatic carbocycles. The van der Waals surface area contributed by atoms with E-state index >= 15 is 0 Å². The fraction of sp³-hybridized carbons (Fsp3) is 0.582.